The summed E-state index contributed by atoms with van der Waals surface area (Å²) in [6.07, 6.45) is 3.93. The van der Waals surface area contributed by atoms with Gasteiger partial charge in [0.05, 0.1) is 0 Å². The number of carbonyl (C=O) groups is 1. The Balaban J connectivity index is 1.62. The van der Waals surface area contributed by atoms with Crippen LogP contribution in [0.4, 0.5) is 10.5 Å². The lowest BCUT2D eigenvalue weighted by Gasteiger charge is -2.40. The predicted octanol–water partition coefficient (Wildman–Crippen LogP) is 4.68. The molecule has 4 nitrogen and oxygen atoms in total. The number of halogens is 1. The lowest BCUT2D eigenvalue weighted by Crippen LogP contribution is -2.51. The molecule has 23 heavy (non-hydrogen) atoms. The highest BCUT2D eigenvalue weighted by Crippen LogP contribution is 2.37. The molecule has 2 bridgehead atoms. The number of ether oxygens (including phenoxy) is 1. The van der Waals surface area contributed by atoms with Crippen molar-refractivity contribution in [1.82, 2.24) is 4.90 Å². The molecule has 0 saturated carbocycles. The van der Waals surface area contributed by atoms with E-state index in [0.717, 1.165) is 36.4 Å². The van der Waals surface area contributed by atoms with Crippen LogP contribution < -0.4 is 5.32 Å². The van der Waals surface area contributed by atoms with Crippen molar-refractivity contribution in [2.75, 3.05) is 5.32 Å². The van der Waals surface area contributed by atoms with Crippen LogP contribution in [0, 0.1) is 0 Å². The van der Waals surface area contributed by atoms with Crippen molar-refractivity contribution in [2.45, 2.75) is 70.2 Å². The summed E-state index contributed by atoms with van der Waals surface area (Å²) in [7, 11) is 0. The molecular weight excluding hydrogens is 312 g/mol. The number of carbonyl (C=O) groups excluding carboxylic acids is 1. The number of hydrogen-bond donors (Lipinski definition) is 1. The molecule has 1 aromatic rings. The molecule has 1 N–H and O–H groups in total. The molecule has 2 atom stereocenters. The molecule has 2 saturated heterocycles. The van der Waals surface area contributed by atoms with E-state index in [9.17, 15) is 4.79 Å². The van der Waals surface area contributed by atoms with Gasteiger partial charge in [-0.15, -0.1) is 0 Å². The minimum Gasteiger partial charge on any atom is -0.444 e. The first-order valence-corrected chi connectivity index (χ1v) is 8.73. The van der Waals surface area contributed by atoms with Crippen LogP contribution in [0.25, 0.3) is 0 Å². The molecule has 2 unspecified atom stereocenters. The zero-order valence-electron chi connectivity index (χ0n) is 14.0. The fourth-order valence-corrected chi connectivity index (χ4v) is 3.82. The van der Waals surface area contributed by atoms with E-state index in [1.807, 2.05) is 49.9 Å². The maximum absolute atomic E-state index is 12.4. The number of nitrogens with zero attached hydrogens (tertiary/aromatic N) is 1. The zero-order valence-corrected chi connectivity index (χ0v) is 14.8. The van der Waals surface area contributed by atoms with Gasteiger partial charge in [-0.1, -0.05) is 11.6 Å². The molecule has 0 aliphatic carbocycles. The van der Waals surface area contributed by atoms with Crippen molar-refractivity contribution in [3.05, 3.63) is 29.3 Å². The van der Waals surface area contributed by atoms with E-state index in [4.69, 9.17) is 16.3 Å². The van der Waals surface area contributed by atoms with Gasteiger partial charge in [-0.25, -0.2) is 4.79 Å². The van der Waals surface area contributed by atoms with Crippen molar-refractivity contribution >= 4 is 23.4 Å². The van der Waals surface area contributed by atoms with Crippen LogP contribution in [0.1, 0.15) is 46.5 Å². The number of amides is 1. The second-order valence-electron chi connectivity index (χ2n) is 7.59. The van der Waals surface area contributed by atoms with Crippen LogP contribution >= 0.6 is 11.6 Å². The van der Waals surface area contributed by atoms with E-state index in [0.29, 0.717) is 6.04 Å². The first-order chi connectivity index (χ1) is 10.8. The maximum Gasteiger partial charge on any atom is 0.410 e. The van der Waals surface area contributed by atoms with Crippen molar-refractivity contribution in [1.29, 1.82) is 0 Å². The highest BCUT2D eigenvalue weighted by Gasteiger charge is 2.44. The summed E-state index contributed by atoms with van der Waals surface area (Å²) in [5.74, 6) is 0. The van der Waals surface area contributed by atoms with Gasteiger partial charge in [0.1, 0.15) is 5.60 Å². The second kappa shape index (κ2) is 6.23. The average molecular weight is 337 g/mol. The van der Waals surface area contributed by atoms with Crippen LogP contribution in [0.15, 0.2) is 24.3 Å². The molecule has 126 valence electrons. The van der Waals surface area contributed by atoms with E-state index in [1.165, 1.54) is 0 Å². The Hall–Kier alpha value is -1.42. The largest absolute Gasteiger partial charge is 0.444 e. The lowest BCUT2D eigenvalue weighted by atomic mass is 9.97. The Labute approximate surface area is 143 Å². The molecule has 2 fully saturated rings. The van der Waals surface area contributed by atoms with E-state index < -0.39 is 5.60 Å². The Morgan fingerprint density at radius 2 is 1.74 bits per heavy atom. The molecule has 0 radical (unpaired) electrons. The number of anilines is 1. The summed E-state index contributed by atoms with van der Waals surface area (Å²) < 4.78 is 5.58. The third-order valence-electron chi connectivity index (χ3n) is 4.55. The van der Waals surface area contributed by atoms with Gasteiger partial charge < -0.3 is 15.0 Å². The number of piperidine rings is 1. The number of nitrogens with one attached hydrogen (secondary N) is 1. The van der Waals surface area contributed by atoms with E-state index in [-0.39, 0.29) is 18.2 Å². The normalized spacial score (nSPS) is 27.0. The summed E-state index contributed by atoms with van der Waals surface area (Å²) in [6, 6.07) is 8.77. The van der Waals surface area contributed by atoms with Crippen LogP contribution in [0.2, 0.25) is 5.02 Å². The van der Waals surface area contributed by atoms with Crippen LogP contribution in [0.3, 0.4) is 0 Å². The lowest BCUT2D eigenvalue weighted by molar-refractivity contribution is 0.00684. The third-order valence-corrected chi connectivity index (χ3v) is 4.80. The van der Waals surface area contributed by atoms with Crippen molar-refractivity contribution in [3.63, 3.8) is 0 Å². The molecule has 0 aromatic heterocycles. The Morgan fingerprint density at radius 3 is 2.26 bits per heavy atom. The number of hydrogen-bond acceptors (Lipinski definition) is 3. The molecule has 1 amide bonds. The fourth-order valence-electron chi connectivity index (χ4n) is 3.69. The van der Waals surface area contributed by atoms with Crippen molar-refractivity contribution in [3.8, 4) is 0 Å². The quantitative estimate of drug-likeness (QED) is 0.852. The van der Waals surface area contributed by atoms with Crippen LogP contribution in [-0.2, 0) is 4.74 Å². The molecule has 3 rings (SSSR count). The summed E-state index contributed by atoms with van der Waals surface area (Å²) in [4.78, 5) is 14.4. The fraction of sp³-hybridized carbons (Fsp3) is 0.611. The minimum atomic E-state index is -0.436. The molecule has 5 heteroatoms. The van der Waals surface area contributed by atoms with Gasteiger partial charge in [-0.2, -0.15) is 0 Å². The topological polar surface area (TPSA) is 41.6 Å². The van der Waals surface area contributed by atoms with Crippen molar-refractivity contribution < 1.29 is 9.53 Å². The second-order valence-corrected chi connectivity index (χ2v) is 8.03. The van der Waals surface area contributed by atoms with Gasteiger partial charge in [0.25, 0.3) is 0 Å². The average Bonchev–Trinajstić information content (AvgIpc) is 2.72. The van der Waals surface area contributed by atoms with Gasteiger partial charge in [0.2, 0.25) is 0 Å². The number of benzene rings is 1. The first-order valence-electron chi connectivity index (χ1n) is 8.35. The van der Waals surface area contributed by atoms with Crippen LogP contribution in [0.5, 0.6) is 0 Å². The molecule has 2 aliphatic rings. The van der Waals surface area contributed by atoms with Crippen LogP contribution in [-0.4, -0.2) is 34.7 Å². The van der Waals surface area contributed by atoms with Gasteiger partial charge in [0.15, 0.2) is 0 Å². The molecule has 0 spiro atoms. The molecular formula is C18H25ClN2O2. The number of rotatable bonds is 2. The molecule has 2 heterocycles. The summed E-state index contributed by atoms with van der Waals surface area (Å²) in [5, 5.41) is 4.32. The Bertz CT molecular complexity index is 553. The zero-order chi connectivity index (χ0) is 16.6. The SMILES string of the molecule is CC(C)(C)OC(=O)N1C2CCC1CC(Nc1ccc(Cl)cc1)C2. The smallest absolute Gasteiger partial charge is 0.410 e. The Morgan fingerprint density at radius 1 is 1.17 bits per heavy atom. The maximum atomic E-state index is 12.4. The third kappa shape index (κ3) is 3.92. The minimum absolute atomic E-state index is 0.157. The Kier molecular flexibility index (Phi) is 4.45. The standard InChI is InChI=1S/C18H25ClN2O2/c1-18(2,3)23-17(22)21-15-8-9-16(21)11-14(10-15)20-13-6-4-12(19)5-7-13/h4-7,14-16,20H,8-11H2,1-3H3. The molecule has 2 aliphatic heterocycles. The van der Waals surface area contributed by atoms with E-state index in [2.05, 4.69) is 5.32 Å². The predicted molar refractivity (Wildman–Crippen MR) is 93.0 cm³/mol. The van der Waals surface area contributed by atoms with E-state index in [1.54, 1.807) is 0 Å². The summed E-state index contributed by atoms with van der Waals surface area (Å²) in [5.41, 5.74) is 0.652. The van der Waals surface area contributed by atoms with Gasteiger partial charge in [-0.3, -0.25) is 0 Å². The van der Waals surface area contributed by atoms with Gasteiger partial charge >= 0.3 is 6.09 Å². The summed E-state index contributed by atoms with van der Waals surface area (Å²) >= 11 is 5.93. The van der Waals surface area contributed by atoms with Gasteiger partial charge in [-0.05, 0) is 70.7 Å². The summed E-state index contributed by atoms with van der Waals surface area (Å²) in [6.45, 7) is 5.75. The van der Waals surface area contributed by atoms with Crippen molar-refractivity contribution in [2.24, 2.45) is 0 Å². The van der Waals surface area contributed by atoms with Gasteiger partial charge in [0, 0.05) is 28.8 Å². The monoisotopic (exact) mass is 336 g/mol. The molecule has 1 aromatic carbocycles. The highest BCUT2D eigenvalue weighted by atomic mass is 35.5. The first kappa shape index (κ1) is 16.4. The van der Waals surface area contributed by atoms with E-state index >= 15 is 0 Å². The number of fused-ring (bicyclic) bond motifs is 2. The highest BCUT2D eigenvalue weighted by molar-refractivity contribution is 6.30.